The summed E-state index contributed by atoms with van der Waals surface area (Å²) in [4.78, 5) is 22.5. The zero-order valence-electron chi connectivity index (χ0n) is 13.6. The molecule has 2 aromatic rings. The fourth-order valence-electron chi connectivity index (χ4n) is 2.22. The number of nitro benzene ring substituents is 1. The van der Waals surface area contributed by atoms with E-state index in [4.69, 9.17) is 33.3 Å². The third-order valence-electron chi connectivity index (χ3n) is 3.51. The van der Waals surface area contributed by atoms with E-state index in [9.17, 15) is 14.9 Å². The van der Waals surface area contributed by atoms with Crippen molar-refractivity contribution in [2.75, 3.05) is 11.9 Å². The molecule has 1 amide bonds. The van der Waals surface area contributed by atoms with Crippen LogP contribution in [0.4, 0.5) is 11.4 Å². The molecule has 0 radical (unpaired) electrons. The first kappa shape index (κ1) is 18.7. The second-order valence-electron chi connectivity index (χ2n) is 5.35. The monoisotopic (exact) mass is 408 g/mol. The van der Waals surface area contributed by atoms with Crippen LogP contribution in [0.3, 0.4) is 0 Å². The van der Waals surface area contributed by atoms with Crippen LogP contribution >= 0.6 is 23.8 Å². The highest BCUT2D eigenvalue weighted by molar-refractivity contribution is 7.80. The molecule has 0 spiro atoms. The lowest BCUT2D eigenvalue weighted by molar-refractivity contribution is -0.384. The van der Waals surface area contributed by atoms with Crippen LogP contribution in [0.1, 0.15) is 0 Å². The van der Waals surface area contributed by atoms with Crippen LogP contribution in [0.2, 0.25) is 5.02 Å². The summed E-state index contributed by atoms with van der Waals surface area (Å²) < 4.78 is 11.0. The topological polar surface area (TPSA) is 115 Å². The Morgan fingerprint density at radius 2 is 1.96 bits per heavy atom. The molecule has 9 nitrogen and oxygen atoms in total. The van der Waals surface area contributed by atoms with Crippen LogP contribution in [0.5, 0.6) is 11.5 Å². The number of carbonyl (C=O) groups excluding carboxylic acids is 1. The van der Waals surface area contributed by atoms with Crippen molar-refractivity contribution in [2.24, 2.45) is 0 Å². The molecule has 27 heavy (non-hydrogen) atoms. The number of nitrogens with one attached hydrogen (secondary N) is 3. The number of non-ortho nitro benzene ring substituents is 1. The number of nitro groups is 1. The van der Waals surface area contributed by atoms with Gasteiger partial charge in [-0.2, -0.15) is 0 Å². The fourth-order valence-corrected chi connectivity index (χ4v) is 2.55. The van der Waals surface area contributed by atoms with Crippen molar-refractivity contribution in [1.29, 1.82) is 0 Å². The van der Waals surface area contributed by atoms with Gasteiger partial charge in [0.15, 0.2) is 16.6 Å². The zero-order valence-corrected chi connectivity index (χ0v) is 15.2. The minimum absolute atomic E-state index is 0.0112. The Morgan fingerprint density at radius 3 is 2.70 bits per heavy atom. The van der Waals surface area contributed by atoms with Crippen LogP contribution in [0, 0.1) is 10.1 Å². The number of nitrogens with zero attached hydrogens (tertiary/aromatic N) is 1. The predicted molar refractivity (Wildman–Crippen MR) is 102 cm³/mol. The van der Waals surface area contributed by atoms with E-state index in [-0.39, 0.29) is 28.1 Å². The number of hydrogen-bond acceptors (Lipinski definition) is 6. The Labute approximate surface area is 163 Å². The van der Waals surface area contributed by atoms with Gasteiger partial charge in [0.2, 0.25) is 6.10 Å². The molecule has 2 aromatic carbocycles. The lowest BCUT2D eigenvalue weighted by atomic mass is 10.2. The highest BCUT2D eigenvalue weighted by Gasteiger charge is 2.27. The predicted octanol–water partition coefficient (Wildman–Crippen LogP) is 2.41. The number of ether oxygens (including phenoxy) is 2. The van der Waals surface area contributed by atoms with Crippen LogP contribution in [-0.4, -0.2) is 28.7 Å². The summed E-state index contributed by atoms with van der Waals surface area (Å²) in [5.41, 5.74) is 4.94. The summed E-state index contributed by atoms with van der Waals surface area (Å²) in [5.74, 6) is 0.527. The molecular formula is C16H13ClN4O5S. The molecule has 1 aliphatic heterocycles. The zero-order chi connectivity index (χ0) is 19.4. The summed E-state index contributed by atoms with van der Waals surface area (Å²) in [6, 6.07) is 10.9. The van der Waals surface area contributed by atoms with Gasteiger partial charge in [-0.15, -0.1) is 0 Å². The van der Waals surface area contributed by atoms with E-state index in [1.807, 2.05) is 0 Å². The number of rotatable bonds is 3. The standard InChI is InChI=1S/C16H13ClN4O5S/c17-10-6-5-9(21(23)24)7-11(10)18-16(27)20-19-15(22)14-8-25-12-3-1-2-4-13(12)26-14/h1-7,14H,8H2,(H,19,22)(H2,18,20,27). The maximum absolute atomic E-state index is 12.2. The number of anilines is 1. The van der Waals surface area contributed by atoms with E-state index in [1.165, 1.54) is 18.2 Å². The first-order valence-electron chi connectivity index (χ1n) is 7.63. The third-order valence-corrected chi connectivity index (χ3v) is 4.04. The molecule has 11 heteroatoms. The summed E-state index contributed by atoms with van der Waals surface area (Å²) in [5, 5.41) is 13.7. The quantitative estimate of drug-likeness (QED) is 0.403. The van der Waals surface area contributed by atoms with Crippen molar-refractivity contribution < 1.29 is 19.2 Å². The average Bonchev–Trinajstić information content (AvgIpc) is 2.67. The van der Waals surface area contributed by atoms with E-state index in [1.54, 1.807) is 24.3 Å². The molecule has 0 bridgehead atoms. The van der Waals surface area contributed by atoms with Gasteiger partial charge in [-0.1, -0.05) is 23.7 Å². The first-order chi connectivity index (χ1) is 12.9. The van der Waals surface area contributed by atoms with E-state index in [0.717, 1.165) is 0 Å². The SMILES string of the molecule is O=C(NNC(=S)Nc1cc([N+](=O)[O-])ccc1Cl)C1COc2ccccc2O1. The maximum atomic E-state index is 12.2. The number of hydrazine groups is 1. The minimum Gasteiger partial charge on any atom is -0.485 e. The molecule has 1 heterocycles. The second kappa shape index (κ2) is 8.06. The molecule has 0 aromatic heterocycles. The maximum Gasteiger partial charge on any atom is 0.283 e. The molecule has 1 unspecified atom stereocenters. The molecule has 0 saturated heterocycles. The van der Waals surface area contributed by atoms with Crippen LogP contribution in [0.25, 0.3) is 0 Å². The molecule has 3 N–H and O–H groups in total. The summed E-state index contributed by atoms with van der Waals surface area (Å²) in [6.45, 7) is 0.0431. The van der Waals surface area contributed by atoms with Crippen molar-refractivity contribution in [3.8, 4) is 11.5 Å². The highest BCUT2D eigenvalue weighted by atomic mass is 35.5. The Balaban J connectivity index is 1.54. The normalized spacial score (nSPS) is 14.8. The molecular weight excluding hydrogens is 396 g/mol. The van der Waals surface area contributed by atoms with Gasteiger partial charge < -0.3 is 14.8 Å². The number of amides is 1. The number of fused-ring (bicyclic) bond motifs is 1. The highest BCUT2D eigenvalue weighted by Crippen LogP contribution is 2.30. The van der Waals surface area contributed by atoms with Crippen LogP contribution in [-0.2, 0) is 4.79 Å². The summed E-state index contributed by atoms with van der Waals surface area (Å²) in [6.07, 6.45) is -0.864. The van der Waals surface area contributed by atoms with Crippen LogP contribution < -0.4 is 25.6 Å². The van der Waals surface area contributed by atoms with E-state index >= 15 is 0 Å². The number of benzene rings is 2. The van der Waals surface area contributed by atoms with Crippen molar-refractivity contribution in [3.05, 3.63) is 57.6 Å². The third kappa shape index (κ3) is 4.54. The fraction of sp³-hybridized carbons (Fsp3) is 0.125. The van der Waals surface area contributed by atoms with Gasteiger partial charge in [0.05, 0.1) is 15.6 Å². The lowest BCUT2D eigenvalue weighted by Crippen LogP contribution is -2.51. The number of para-hydroxylation sites is 2. The summed E-state index contributed by atoms with van der Waals surface area (Å²) >= 11 is 11.0. The van der Waals surface area contributed by atoms with Gasteiger partial charge >= 0.3 is 0 Å². The van der Waals surface area contributed by atoms with Gasteiger partial charge in [0.25, 0.3) is 11.6 Å². The molecule has 0 aliphatic carbocycles. The van der Waals surface area contributed by atoms with E-state index in [0.29, 0.717) is 11.5 Å². The molecule has 3 rings (SSSR count). The van der Waals surface area contributed by atoms with E-state index in [2.05, 4.69) is 16.2 Å². The second-order valence-corrected chi connectivity index (χ2v) is 6.17. The average molecular weight is 409 g/mol. The van der Waals surface area contributed by atoms with Gasteiger partial charge in [0.1, 0.15) is 6.61 Å². The van der Waals surface area contributed by atoms with Gasteiger partial charge in [-0.05, 0) is 30.4 Å². The Kier molecular flexibility index (Phi) is 5.57. The lowest BCUT2D eigenvalue weighted by Gasteiger charge is -2.25. The molecule has 0 saturated carbocycles. The first-order valence-corrected chi connectivity index (χ1v) is 8.42. The number of carbonyl (C=O) groups is 1. The van der Waals surface area contributed by atoms with Gasteiger partial charge in [-0.3, -0.25) is 25.8 Å². The van der Waals surface area contributed by atoms with E-state index < -0.39 is 16.9 Å². The summed E-state index contributed by atoms with van der Waals surface area (Å²) in [7, 11) is 0. The Bertz CT molecular complexity index is 910. The molecule has 1 atom stereocenters. The van der Waals surface area contributed by atoms with Gasteiger partial charge in [-0.25, -0.2) is 0 Å². The number of thiocarbonyl (C=S) groups is 1. The minimum atomic E-state index is -0.864. The number of halogens is 1. The van der Waals surface area contributed by atoms with Crippen molar-refractivity contribution in [2.45, 2.75) is 6.10 Å². The van der Waals surface area contributed by atoms with Crippen molar-refractivity contribution in [3.63, 3.8) is 0 Å². The molecule has 140 valence electrons. The Hall–Kier alpha value is -3.11. The molecule has 1 aliphatic rings. The van der Waals surface area contributed by atoms with Crippen molar-refractivity contribution in [1.82, 2.24) is 10.9 Å². The van der Waals surface area contributed by atoms with Gasteiger partial charge in [0, 0.05) is 12.1 Å². The smallest absolute Gasteiger partial charge is 0.283 e. The van der Waals surface area contributed by atoms with Crippen molar-refractivity contribution >= 4 is 46.2 Å². The number of hydrogen-bond donors (Lipinski definition) is 3. The largest absolute Gasteiger partial charge is 0.485 e. The Morgan fingerprint density at radius 1 is 1.22 bits per heavy atom. The molecule has 0 fully saturated rings. The van der Waals surface area contributed by atoms with Crippen LogP contribution in [0.15, 0.2) is 42.5 Å².